The number of hydroxylamine groups is 2. The molecule has 0 saturated heterocycles. The van der Waals surface area contributed by atoms with E-state index in [1.165, 1.54) is 0 Å². The lowest BCUT2D eigenvalue weighted by atomic mass is 10.3. The fourth-order valence-electron chi connectivity index (χ4n) is 0. The van der Waals surface area contributed by atoms with Gasteiger partial charge in [0, 0.05) is 6.54 Å². The Morgan fingerprint density at radius 2 is 1.33 bits per heavy atom. The fraction of sp³-hybridized carbons (Fsp3) is 1.00. The molecule has 0 amide bonds. The molecular weight excluding hydrogens is 129 g/mol. The van der Waals surface area contributed by atoms with E-state index in [4.69, 9.17) is 25.5 Å². The van der Waals surface area contributed by atoms with Crippen LogP contribution >= 0.6 is 0 Å². The fourth-order valence-corrected chi connectivity index (χ4v) is 0. The van der Waals surface area contributed by atoms with Gasteiger partial charge in [0.15, 0.2) is 0 Å². The highest BCUT2D eigenvalue weighted by atomic mass is 16.8. The average molecular weight is 139 g/mol. The SMILES string of the molecule is CCN(O)O.OB(O)O. The molecule has 0 aromatic rings. The molecule has 0 unspecified atom stereocenters. The molecule has 0 atom stereocenters. The molecule has 0 radical (unpaired) electrons. The first-order valence-electron chi connectivity index (χ1n) is 2.20. The zero-order valence-electron chi connectivity index (χ0n) is 4.97. The highest BCUT2D eigenvalue weighted by molar-refractivity contribution is 6.30. The lowest BCUT2D eigenvalue weighted by molar-refractivity contribution is -0.303. The molecular formula is C2H10BNO5. The third kappa shape index (κ3) is 79.7. The zero-order chi connectivity index (χ0) is 7.86. The molecule has 0 rings (SSSR count). The van der Waals surface area contributed by atoms with Crippen molar-refractivity contribution >= 4 is 7.32 Å². The summed E-state index contributed by atoms with van der Waals surface area (Å²) in [6, 6.07) is 0. The molecule has 0 aromatic heterocycles. The van der Waals surface area contributed by atoms with Crippen LogP contribution in [0.3, 0.4) is 0 Å². The van der Waals surface area contributed by atoms with Crippen LogP contribution < -0.4 is 0 Å². The van der Waals surface area contributed by atoms with Gasteiger partial charge >= 0.3 is 7.32 Å². The van der Waals surface area contributed by atoms with Gasteiger partial charge < -0.3 is 15.1 Å². The van der Waals surface area contributed by atoms with Gasteiger partial charge in [-0.1, -0.05) is 5.23 Å². The van der Waals surface area contributed by atoms with Crippen molar-refractivity contribution in [3.63, 3.8) is 0 Å². The molecule has 0 bridgehead atoms. The Morgan fingerprint density at radius 1 is 1.22 bits per heavy atom. The topological polar surface area (TPSA) is 104 Å². The summed E-state index contributed by atoms with van der Waals surface area (Å²) in [5, 5.41) is 37.1. The van der Waals surface area contributed by atoms with Crippen molar-refractivity contribution < 1.29 is 25.5 Å². The molecule has 9 heavy (non-hydrogen) atoms. The van der Waals surface area contributed by atoms with Crippen LogP contribution in [-0.4, -0.2) is 44.6 Å². The molecule has 6 nitrogen and oxygen atoms in total. The Hall–Kier alpha value is -0.175. The Bertz CT molecular complexity index is 47.5. The number of hydrogen-bond acceptors (Lipinski definition) is 6. The predicted molar refractivity (Wildman–Crippen MR) is 28.4 cm³/mol. The van der Waals surface area contributed by atoms with E-state index < -0.39 is 7.32 Å². The van der Waals surface area contributed by atoms with E-state index in [0.29, 0.717) is 0 Å². The summed E-state index contributed by atoms with van der Waals surface area (Å²) in [7, 11) is -2.17. The van der Waals surface area contributed by atoms with Crippen LogP contribution in [0.4, 0.5) is 0 Å². The molecule has 0 aliphatic rings. The van der Waals surface area contributed by atoms with Crippen molar-refractivity contribution in [2.45, 2.75) is 6.92 Å². The normalized spacial score (nSPS) is 8.33. The zero-order valence-corrected chi connectivity index (χ0v) is 4.97. The van der Waals surface area contributed by atoms with E-state index in [2.05, 4.69) is 0 Å². The quantitative estimate of drug-likeness (QED) is 0.213. The lowest BCUT2D eigenvalue weighted by Gasteiger charge is -1.95. The molecule has 0 heterocycles. The summed E-state index contributed by atoms with van der Waals surface area (Å²) in [6.45, 7) is 1.88. The van der Waals surface area contributed by atoms with Gasteiger partial charge in [-0.05, 0) is 6.92 Å². The highest BCUT2D eigenvalue weighted by Crippen LogP contribution is 1.61. The maximum absolute atomic E-state index is 7.75. The molecule has 5 N–H and O–H groups in total. The maximum atomic E-state index is 7.75. The van der Waals surface area contributed by atoms with Crippen molar-refractivity contribution in [3.05, 3.63) is 0 Å². The van der Waals surface area contributed by atoms with Gasteiger partial charge in [-0.2, -0.15) is 0 Å². The third-order valence-corrected chi connectivity index (χ3v) is 0.283. The van der Waals surface area contributed by atoms with E-state index in [1.807, 2.05) is 0 Å². The first-order valence-corrected chi connectivity index (χ1v) is 2.20. The Labute approximate surface area is 52.7 Å². The summed E-state index contributed by atoms with van der Waals surface area (Å²) in [5.74, 6) is 0. The van der Waals surface area contributed by atoms with E-state index in [9.17, 15) is 0 Å². The van der Waals surface area contributed by atoms with Crippen LogP contribution in [-0.2, 0) is 0 Å². The molecule has 7 heteroatoms. The van der Waals surface area contributed by atoms with E-state index in [0.717, 1.165) is 0 Å². The van der Waals surface area contributed by atoms with E-state index in [-0.39, 0.29) is 11.8 Å². The Kier molecular flexibility index (Phi) is 10.1. The van der Waals surface area contributed by atoms with E-state index >= 15 is 0 Å². The first-order chi connectivity index (χ1) is 4.00. The van der Waals surface area contributed by atoms with Crippen LogP contribution in [0.5, 0.6) is 0 Å². The number of hydrogen-bond donors (Lipinski definition) is 5. The van der Waals surface area contributed by atoms with Gasteiger partial charge in [0.2, 0.25) is 0 Å². The number of nitrogens with zero attached hydrogens (tertiary/aromatic N) is 1. The van der Waals surface area contributed by atoms with Crippen molar-refractivity contribution in [2.24, 2.45) is 0 Å². The number of rotatable bonds is 1. The van der Waals surface area contributed by atoms with Crippen LogP contribution in [0.1, 0.15) is 6.92 Å². The molecule has 0 aliphatic carbocycles. The maximum Gasteiger partial charge on any atom is 0.631 e. The summed E-state index contributed by atoms with van der Waals surface area (Å²) in [5.41, 5.74) is 0. The van der Waals surface area contributed by atoms with Crippen molar-refractivity contribution in [3.8, 4) is 0 Å². The van der Waals surface area contributed by atoms with Crippen LogP contribution in [0.2, 0.25) is 0 Å². The second-order valence-corrected chi connectivity index (χ2v) is 1.03. The van der Waals surface area contributed by atoms with Gasteiger partial charge in [-0.25, -0.2) is 0 Å². The summed E-state index contributed by atoms with van der Waals surface area (Å²) in [6.07, 6.45) is 0. The third-order valence-electron chi connectivity index (χ3n) is 0.283. The molecule has 0 saturated carbocycles. The van der Waals surface area contributed by atoms with Gasteiger partial charge in [0.05, 0.1) is 0 Å². The van der Waals surface area contributed by atoms with Crippen molar-refractivity contribution in [2.75, 3.05) is 6.54 Å². The van der Waals surface area contributed by atoms with E-state index in [1.54, 1.807) is 6.92 Å². The predicted octanol–water partition coefficient (Wildman–Crippen LogP) is -1.97. The average Bonchev–Trinajstić information content (AvgIpc) is 1.65. The monoisotopic (exact) mass is 139 g/mol. The second kappa shape index (κ2) is 7.82. The molecule has 0 aromatic carbocycles. The molecule has 56 valence electrons. The second-order valence-electron chi connectivity index (χ2n) is 1.03. The minimum atomic E-state index is -2.17. The minimum absolute atomic E-state index is 0.125. The van der Waals surface area contributed by atoms with Gasteiger partial charge in [-0.15, -0.1) is 0 Å². The standard InChI is InChI=1S/C2H7NO2.BH3O3/c1-2-3(4)5;2-1(3)4/h4-5H,2H2,1H3;2-4H. The molecule has 0 spiro atoms. The van der Waals surface area contributed by atoms with Crippen LogP contribution in [0, 0.1) is 0 Å². The Balaban J connectivity index is 0. The van der Waals surface area contributed by atoms with Crippen molar-refractivity contribution in [1.29, 1.82) is 0 Å². The summed E-state index contributed by atoms with van der Waals surface area (Å²) < 4.78 is 0. The molecule has 0 aliphatic heterocycles. The van der Waals surface area contributed by atoms with Gasteiger partial charge in [0.1, 0.15) is 0 Å². The minimum Gasteiger partial charge on any atom is -0.402 e. The van der Waals surface area contributed by atoms with Crippen LogP contribution in [0.15, 0.2) is 0 Å². The molecule has 0 fully saturated rings. The first kappa shape index (κ1) is 11.6. The van der Waals surface area contributed by atoms with Crippen molar-refractivity contribution in [1.82, 2.24) is 5.23 Å². The van der Waals surface area contributed by atoms with Gasteiger partial charge in [0.25, 0.3) is 0 Å². The Morgan fingerprint density at radius 3 is 1.33 bits per heavy atom. The van der Waals surface area contributed by atoms with Gasteiger partial charge in [-0.3, -0.25) is 10.4 Å². The summed E-state index contributed by atoms with van der Waals surface area (Å²) in [4.78, 5) is 0. The highest BCUT2D eigenvalue weighted by Gasteiger charge is 1.92. The van der Waals surface area contributed by atoms with Crippen LogP contribution in [0.25, 0.3) is 0 Å². The summed E-state index contributed by atoms with van der Waals surface area (Å²) >= 11 is 0. The largest absolute Gasteiger partial charge is 0.631 e. The lowest BCUT2D eigenvalue weighted by Crippen LogP contribution is -2.10. The smallest absolute Gasteiger partial charge is 0.402 e.